The summed E-state index contributed by atoms with van der Waals surface area (Å²) in [5, 5.41) is 5.10. The second kappa shape index (κ2) is 7.43. The van der Waals surface area contributed by atoms with Crippen LogP contribution < -0.4 is 10.9 Å². The van der Waals surface area contributed by atoms with Crippen LogP contribution in [0, 0.1) is 30.1 Å². The number of nitrogens with zero attached hydrogens (tertiary/aromatic N) is 3. The molecule has 2 amide bonds. The zero-order valence-electron chi connectivity index (χ0n) is 19.1. The molecule has 33 heavy (non-hydrogen) atoms. The fourth-order valence-corrected chi connectivity index (χ4v) is 7.26. The first kappa shape index (κ1) is 20.4. The Labute approximate surface area is 192 Å². The van der Waals surface area contributed by atoms with E-state index in [1.165, 1.54) is 19.3 Å². The third-order valence-corrected chi connectivity index (χ3v) is 8.00. The van der Waals surface area contributed by atoms with Crippen molar-refractivity contribution in [1.29, 1.82) is 0 Å². The summed E-state index contributed by atoms with van der Waals surface area (Å²) < 4.78 is 7.14. The number of pyridine rings is 1. The predicted molar refractivity (Wildman–Crippen MR) is 122 cm³/mol. The van der Waals surface area contributed by atoms with E-state index in [-0.39, 0.29) is 17.2 Å². The average molecular weight is 448 g/mol. The maximum absolute atomic E-state index is 13.2. The van der Waals surface area contributed by atoms with Crippen molar-refractivity contribution in [3.63, 3.8) is 0 Å². The van der Waals surface area contributed by atoms with E-state index in [0.29, 0.717) is 40.2 Å². The van der Waals surface area contributed by atoms with Crippen molar-refractivity contribution >= 4 is 22.8 Å². The van der Waals surface area contributed by atoms with Crippen molar-refractivity contribution in [2.24, 2.45) is 30.2 Å². The molecule has 3 heterocycles. The van der Waals surface area contributed by atoms with Crippen molar-refractivity contribution < 1.29 is 14.0 Å². The summed E-state index contributed by atoms with van der Waals surface area (Å²) in [5.74, 6) is 2.44. The maximum atomic E-state index is 13.2. The highest BCUT2D eigenvalue weighted by Gasteiger charge is 2.51. The lowest BCUT2D eigenvalue weighted by Crippen LogP contribution is -2.50. The molecule has 0 unspecified atom stereocenters. The minimum absolute atomic E-state index is 0.107. The van der Waals surface area contributed by atoms with Crippen LogP contribution in [0.1, 0.15) is 61.0 Å². The Bertz CT molecular complexity index is 1210. The molecule has 3 aromatic heterocycles. The van der Waals surface area contributed by atoms with Crippen LogP contribution in [-0.2, 0) is 11.8 Å². The van der Waals surface area contributed by atoms with E-state index in [0.717, 1.165) is 37.0 Å². The molecule has 0 spiro atoms. The number of hydrazine groups is 1. The summed E-state index contributed by atoms with van der Waals surface area (Å²) in [7, 11) is 1.79. The monoisotopic (exact) mass is 447 g/mol. The fourth-order valence-electron chi connectivity index (χ4n) is 7.26. The molecule has 0 radical (unpaired) electrons. The Hall–Kier alpha value is -3.16. The fraction of sp³-hybridized carbons (Fsp3) is 0.520. The van der Waals surface area contributed by atoms with E-state index >= 15 is 0 Å². The molecular formula is C25H29N5O3. The van der Waals surface area contributed by atoms with Crippen LogP contribution in [0.25, 0.3) is 22.5 Å². The van der Waals surface area contributed by atoms with Gasteiger partial charge in [0.15, 0.2) is 11.4 Å². The molecule has 4 fully saturated rings. The Morgan fingerprint density at radius 2 is 1.85 bits per heavy atom. The number of carbonyl (C=O) groups excluding carboxylic acids is 2. The zero-order valence-corrected chi connectivity index (χ0v) is 19.1. The molecule has 0 aliphatic heterocycles. The van der Waals surface area contributed by atoms with Crippen LogP contribution in [0.3, 0.4) is 0 Å². The standard InChI is InChI=1S/C25H29N5O3/c1-14-22-18(9-19(20-4-3-5-33-20)26-23(22)30(2)29-14)24(32)28-27-21(31)13-25-10-15-6-16(11-25)8-17(7-15)12-25/h3-5,9,15-17H,6-8,10-13H2,1-2H3,(H,27,31)(H,28,32). The summed E-state index contributed by atoms with van der Waals surface area (Å²) in [6.45, 7) is 1.85. The number of rotatable bonds is 4. The normalized spacial score (nSPS) is 27.8. The number of amides is 2. The predicted octanol–water partition coefficient (Wildman–Crippen LogP) is 3.90. The zero-order chi connectivity index (χ0) is 22.7. The maximum Gasteiger partial charge on any atom is 0.270 e. The molecule has 4 bridgehead atoms. The largest absolute Gasteiger partial charge is 0.463 e. The Balaban J connectivity index is 1.21. The molecule has 8 heteroatoms. The lowest BCUT2D eigenvalue weighted by Gasteiger charge is -2.56. The van der Waals surface area contributed by atoms with E-state index in [9.17, 15) is 9.59 Å². The number of nitrogens with one attached hydrogen (secondary N) is 2. The van der Waals surface area contributed by atoms with E-state index in [1.807, 2.05) is 6.92 Å². The highest BCUT2D eigenvalue weighted by Crippen LogP contribution is 2.61. The Morgan fingerprint density at radius 3 is 2.48 bits per heavy atom. The molecule has 0 atom stereocenters. The van der Waals surface area contributed by atoms with E-state index in [4.69, 9.17) is 4.42 Å². The minimum Gasteiger partial charge on any atom is -0.463 e. The minimum atomic E-state index is -0.384. The second-order valence-corrected chi connectivity index (χ2v) is 10.5. The van der Waals surface area contributed by atoms with Gasteiger partial charge in [0.2, 0.25) is 5.91 Å². The van der Waals surface area contributed by atoms with E-state index in [2.05, 4.69) is 20.9 Å². The van der Waals surface area contributed by atoms with Gasteiger partial charge in [-0.1, -0.05) is 0 Å². The Kier molecular flexibility index (Phi) is 4.61. The number of furan rings is 1. The SMILES string of the molecule is Cc1nn(C)c2nc(-c3ccco3)cc(C(=O)NNC(=O)CC34CC5CC(CC(C5)C3)C4)c12. The van der Waals surface area contributed by atoms with Gasteiger partial charge in [0, 0.05) is 13.5 Å². The molecule has 172 valence electrons. The lowest BCUT2D eigenvalue weighted by molar-refractivity contribution is -0.130. The number of carbonyl (C=O) groups is 2. The first-order valence-electron chi connectivity index (χ1n) is 11.9. The van der Waals surface area contributed by atoms with Gasteiger partial charge >= 0.3 is 0 Å². The molecule has 0 aromatic carbocycles. The molecule has 3 aromatic rings. The van der Waals surface area contributed by atoms with Crippen molar-refractivity contribution in [1.82, 2.24) is 25.6 Å². The highest BCUT2D eigenvalue weighted by molar-refractivity contribution is 6.07. The van der Waals surface area contributed by atoms with E-state index < -0.39 is 0 Å². The topological polar surface area (TPSA) is 102 Å². The molecule has 4 aliphatic rings. The number of hydrogen-bond acceptors (Lipinski definition) is 5. The summed E-state index contributed by atoms with van der Waals surface area (Å²) in [4.78, 5) is 30.7. The van der Waals surface area contributed by atoms with Crippen LogP contribution in [0.2, 0.25) is 0 Å². The molecule has 4 aliphatic carbocycles. The van der Waals surface area contributed by atoms with Crippen molar-refractivity contribution in [3.8, 4) is 11.5 Å². The van der Waals surface area contributed by atoms with Gasteiger partial charge in [0.05, 0.1) is 22.9 Å². The number of hydrogen-bond donors (Lipinski definition) is 2. The third-order valence-electron chi connectivity index (χ3n) is 8.00. The van der Waals surface area contributed by atoms with Crippen molar-refractivity contribution in [2.75, 3.05) is 0 Å². The van der Waals surface area contributed by atoms with E-state index in [1.54, 1.807) is 36.2 Å². The summed E-state index contributed by atoms with van der Waals surface area (Å²) in [6.07, 6.45) is 9.58. The summed E-state index contributed by atoms with van der Waals surface area (Å²) in [5.41, 5.74) is 7.71. The third kappa shape index (κ3) is 3.52. The second-order valence-electron chi connectivity index (χ2n) is 10.5. The number of fused-ring (bicyclic) bond motifs is 1. The van der Waals surface area contributed by atoms with Gasteiger partial charge in [-0.05, 0) is 86.8 Å². The number of aryl methyl sites for hydroxylation is 2. The van der Waals surface area contributed by atoms with Gasteiger partial charge in [0.1, 0.15) is 5.69 Å². The quantitative estimate of drug-likeness (QED) is 0.591. The average Bonchev–Trinajstić information content (AvgIpc) is 3.39. The molecular weight excluding hydrogens is 418 g/mol. The van der Waals surface area contributed by atoms with Gasteiger partial charge in [0.25, 0.3) is 5.91 Å². The van der Waals surface area contributed by atoms with Crippen molar-refractivity contribution in [3.05, 3.63) is 35.7 Å². The summed E-state index contributed by atoms with van der Waals surface area (Å²) in [6, 6.07) is 5.27. The van der Waals surface area contributed by atoms with Crippen LogP contribution in [0.5, 0.6) is 0 Å². The van der Waals surface area contributed by atoms with Crippen LogP contribution >= 0.6 is 0 Å². The molecule has 2 N–H and O–H groups in total. The molecule has 7 rings (SSSR count). The molecule has 4 saturated carbocycles. The molecule has 8 nitrogen and oxygen atoms in total. The first-order chi connectivity index (χ1) is 15.9. The van der Waals surface area contributed by atoms with Gasteiger partial charge in [-0.3, -0.25) is 25.1 Å². The van der Waals surface area contributed by atoms with Gasteiger partial charge < -0.3 is 4.42 Å². The molecule has 0 saturated heterocycles. The summed E-state index contributed by atoms with van der Waals surface area (Å²) >= 11 is 0. The van der Waals surface area contributed by atoms with Gasteiger partial charge in [-0.2, -0.15) is 5.10 Å². The smallest absolute Gasteiger partial charge is 0.270 e. The number of aromatic nitrogens is 3. The van der Waals surface area contributed by atoms with Gasteiger partial charge in [-0.15, -0.1) is 0 Å². The first-order valence-corrected chi connectivity index (χ1v) is 11.9. The Morgan fingerprint density at radius 1 is 1.15 bits per heavy atom. The van der Waals surface area contributed by atoms with Gasteiger partial charge in [-0.25, -0.2) is 4.98 Å². The van der Waals surface area contributed by atoms with Crippen molar-refractivity contribution in [2.45, 2.75) is 51.9 Å². The van der Waals surface area contributed by atoms with Crippen LogP contribution in [0.15, 0.2) is 28.9 Å². The highest BCUT2D eigenvalue weighted by atomic mass is 16.3. The lowest BCUT2D eigenvalue weighted by atomic mass is 9.49. The van der Waals surface area contributed by atoms with Crippen LogP contribution in [0.4, 0.5) is 0 Å². The van der Waals surface area contributed by atoms with Crippen LogP contribution in [-0.4, -0.2) is 26.6 Å².